The Bertz CT molecular complexity index is 886. The lowest BCUT2D eigenvalue weighted by Crippen LogP contribution is -1.99. The van der Waals surface area contributed by atoms with E-state index >= 15 is 0 Å². The van der Waals surface area contributed by atoms with E-state index in [0.717, 1.165) is 26.4 Å². The fourth-order valence-electron chi connectivity index (χ4n) is 1.96. The summed E-state index contributed by atoms with van der Waals surface area (Å²) < 4.78 is 5.49. The molecule has 0 saturated heterocycles. The molecule has 1 N–H and O–H groups in total. The number of pyridine rings is 1. The first-order valence-corrected chi connectivity index (χ1v) is 8.55. The van der Waals surface area contributed by atoms with E-state index in [0.29, 0.717) is 12.4 Å². The Morgan fingerprint density at radius 2 is 2.13 bits per heavy atom. The quantitative estimate of drug-likeness (QED) is 0.593. The number of nitrogens with zero attached hydrogens (tertiary/aromatic N) is 4. The van der Waals surface area contributed by atoms with Gasteiger partial charge < -0.3 is 9.73 Å². The van der Waals surface area contributed by atoms with Gasteiger partial charge in [0.25, 0.3) is 0 Å². The number of rotatable bonds is 5. The molecule has 0 amide bonds. The Morgan fingerprint density at radius 1 is 1.13 bits per heavy atom. The Kier molecular flexibility index (Phi) is 3.83. The van der Waals surface area contributed by atoms with Gasteiger partial charge in [-0.25, -0.2) is 4.98 Å². The third-order valence-corrected chi connectivity index (χ3v) is 4.77. The molecule has 114 valence electrons. The molecule has 0 radical (unpaired) electrons. The molecule has 4 aromatic rings. The van der Waals surface area contributed by atoms with Crippen LogP contribution in [0.25, 0.3) is 21.5 Å². The first-order valence-electron chi connectivity index (χ1n) is 6.85. The first-order chi connectivity index (χ1) is 11.4. The summed E-state index contributed by atoms with van der Waals surface area (Å²) in [6.07, 6.45) is 3.40. The molecule has 0 aliphatic rings. The van der Waals surface area contributed by atoms with Gasteiger partial charge in [-0.15, -0.1) is 21.5 Å². The SMILES string of the molecule is c1ccc(-c2nnc(NCc3coc(-c4cccs4)n3)s2)nc1. The summed E-state index contributed by atoms with van der Waals surface area (Å²) in [6.45, 7) is 0.533. The van der Waals surface area contributed by atoms with Gasteiger partial charge in [-0.3, -0.25) is 4.98 Å². The zero-order valence-electron chi connectivity index (χ0n) is 11.8. The Hall–Kier alpha value is -2.58. The molecule has 0 aliphatic carbocycles. The van der Waals surface area contributed by atoms with Crippen LogP contribution in [-0.2, 0) is 6.54 Å². The highest BCUT2D eigenvalue weighted by atomic mass is 32.1. The fraction of sp³-hybridized carbons (Fsp3) is 0.0667. The zero-order valence-corrected chi connectivity index (χ0v) is 13.5. The summed E-state index contributed by atoms with van der Waals surface area (Å²) in [5, 5.41) is 15.0. The molecule has 4 heterocycles. The van der Waals surface area contributed by atoms with Gasteiger partial charge in [0, 0.05) is 6.20 Å². The van der Waals surface area contributed by atoms with Gasteiger partial charge in [0.2, 0.25) is 11.0 Å². The summed E-state index contributed by atoms with van der Waals surface area (Å²) in [4.78, 5) is 9.74. The number of hydrogen-bond donors (Lipinski definition) is 1. The molecule has 23 heavy (non-hydrogen) atoms. The lowest BCUT2D eigenvalue weighted by molar-refractivity contribution is 0.574. The monoisotopic (exact) mass is 341 g/mol. The number of hydrogen-bond acceptors (Lipinski definition) is 8. The smallest absolute Gasteiger partial charge is 0.236 e. The van der Waals surface area contributed by atoms with E-state index in [-0.39, 0.29) is 0 Å². The minimum atomic E-state index is 0.533. The maximum Gasteiger partial charge on any atom is 0.236 e. The molecule has 6 nitrogen and oxygen atoms in total. The summed E-state index contributed by atoms with van der Waals surface area (Å²) in [6, 6.07) is 9.67. The molecular formula is C15H11N5OS2. The normalized spacial score (nSPS) is 10.8. The van der Waals surface area contributed by atoms with Crippen molar-refractivity contribution in [3.05, 3.63) is 53.9 Å². The second-order valence-corrected chi connectivity index (χ2v) is 6.53. The predicted octanol–water partition coefficient (Wildman–Crippen LogP) is 3.93. The molecule has 0 aliphatic heterocycles. The molecule has 4 aromatic heterocycles. The average molecular weight is 341 g/mol. The number of thiophene rings is 1. The fourth-order valence-corrected chi connectivity index (χ4v) is 3.33. The average Bonchev–Trinajstić information content (AvgIpc) is 3.33. The van der Waals surface area contributed by atoms with Crippen molar-refractivity contribution in [3.63, 3.8) is 0 Å². The van der Waals surface area contributed by atoms with E-state index in [2.05, 4.69) is 25.5 Å². The maximum absolute atomic E-state index is 5.49. The van der Waals surface area contributed by atoms with E-state index in [9.17, 15) is 0 Å². The van der Waals surface area contributed by atoms with Gasteiger partial charge in [-0.05, 0) is 23.6 Å². The third kappa shape index (κ3) is 3.13. The van der Waals surface area contributed by atoms with Crippen LogP contribution in [0.4, 0.5) is 5.13 Å². The first kappa shape index (κ1) is 14.0. The van der Waals surface area contributed by atoms with Gasteiger partial charge in [0.1, 0.15) is 12.0 Å². The maximum atomic E-state index is 5.49. The third-order valence-electron chi connectivity index (χ3n) is 3.01. The molecule has 0 aromatic carbocycles. The highest BCUT2D eigenvalue weighted by Gasteiger charge is 2.10. The highest BCUT2D eigenvalue weighted by molar-refractivity contribution is 7.18. The molecule has 0 bridgehead atoms. The summed E-state index contributed by atoms with van der Waals surface area (Å²) in [7, 11) is 0. The molecule has 4 rings (SSSR count). The van der Waals surface area contributed by atoms with Crippen LogP contribution in [0, 0.1) is 0 Å². The van der Waals surface area contributed by atoms with Crippen LogP contribution in [0.2, 0.25) is 0 Å². The van der Waals surface area contributed by atoms with Gasteiger partial charge in [0.15, 0.2) is 5.01 Å². The van der Waals surface area contributed by atoms with Crippen LogP contribution < -0.4 is 5.32 Å². The molecular weight excluding hydrogens is 330 g/mol. The van der Waals surface area contributed by atoms with E-state index in [4.69, 9.17) is 4.42 Å². The second-order valence-electron chi connectivity index (χ2n) is 4.60. The van der Waals surface area contributed by atoms with Crippen LogP contribution in [0.3, 0.4) is 0 Å². The van der Waals surface area contributed by atoms with Crippen molar-refractivity contribution in [3.8, 4) is 21.5 Å². The minimum Gasteiger partial charge on any atom is -0.443 e. The standard InChI is InChI=1S/C15H11N5OS2/c1-2-6-16-11(4-1)14-19-20-15(23-14)17-8-10-9-21-13(18-10)12-5-3-7-22-12/h1-7,9H,8H2,(H,17,20). The lowest BCUT2D eigenvalue weighted by Gasteiger charge is -1.96. The number of aromatic nitrogens is 4. The van der Waals surface area contributed by atoms with Crippen molar-refractivity contribution in [2.75, 3.05) is 5.32 Å². The molecule has 0 fully saturated rings. The van der Waals surface area contributed by atoms with Crippen molar-refractivity contribution < 1.29 is 4.42 Å². The second kappa shape index (κ2) is 6.27. The summed E-state index contributed by atoms with van der Waals surface area (Å²) >= 11 is 3.06. The van der Waals surface area contributed by atoms with Gasteiger partial charge in [0.05, 0.1) is 17.1 Å². The Labute approximate surface area is 139 Å². The number of oxazole rings is 1. The van der Waals surface area contributed by atoms with Crippen molar-refractivity contribution >= 4 is 27.8 Å². The molecule has 0 unspecified atom stereocenters. The van der Waals surface area contributed by atoms with Crippen molar-refractivity contribution in [2.45, 2.75) is 6.54 Å². The molecule has 0 spiro atoms. The van der Waals surface area contributed by atoms with Crippen LogP contribution in [0.5, 0.6) is 0 Å². The van der Waals surface area contributed by atoms with Gasteiger partial charge in [-0.1, -0.05) is 23.5 Å². The van der Waals surface area contributed by atoms with Crippen LogP contribution >= 0.6 is 22.7 Å². The van der Waals surface area contributed by atoms with Gasteiger partial charge >= 0.3 is 0 Å². The molecule has 0 atom stereocenters. The minimum absolute atomic E-state index is 0.533. The number of anilines is 1. The van der Waals surface area contributed by atoms with E-state index < -0.39 is 0 Å². The van der Waals surface area contributed by atoms with Crippen LogP contribution in [0.1, 0.15) is 5.69 Å². The number of nitrogens with one attached hydrogen (secondary N) is 1. The van der Waals surface area contributed by atoms with Gasteiger partial charge in [-0.2, -0.15) is 0 Å². The van der Waals surface area contributed by atoms with E-state index in [1.807, 2.05) is 35.7 Å². The molecule has 0 saturated carbocycles. The predicted molar refractivity (Wildman–Crippen MR) is 90.3 cm³/mol. The molecule has 8 heteroatoms. The van der Waals surface area contributed by atoms with Crippen LogP contribution in [0.15, 0.2) is 52.6 Å². The lowest BCUT2D eigenvalue weighted by atomic mass is 10.4. The Morgan fingerprint density at radius 3 is 2.96 bits per heavy atom. The zero-order chi connectivity index (χ0) is 15.5. The Balaban J connectivity index is 1.43. The summed E-state index contributed by atoms with van der Waals surface area (Å²) in [5.74, 6) is 0.642. The van der Waals surface area contributed by atoms with Crippen molar-refractivity contribution in [1.29, 1.82) is 0 Å². The highest BCUT2D eigenvalue weighted by Crippen LogP contribution is 2.26. The largest absolute Gasteiger partial charge is 0.443 e. The van der Waals surface area contributed by atoms with E-state index in [1.165, 1.54) is 11.3 Å². The van der Waals surface area contributed by atoms with Crippen LogP contribution in [-0.4, -0.2) is 20.2 Å². The topological polar surface area (TPSA) is 76.7 Å². The van der Waals surface area contributed by atoms with E-state index in [1.54, 1.807) is 23.8 Å². The summed E-state index contributed by atoms with van der Waals surface area (Å²) in [5.41, 5.74) is 1.64. The van der Waals surface area contributed by atoms with Crippen molar-refractivity contribution in [1.82, 2.24) is 20.2 Å². The van der Waals surface area contributed by atoms with Crippen molar-refractivity contribution in [2.24, 2.45) is 0 Å².